The van der Waals surface area contributed by atoms with E-state index < -0.39 is 0 Å². The third-order valence-electron chi connectivity index (χ3n) is 2.24. The monoisotopic (exact) mass is 219 g/mol. The molecule has 0 spiro atoms. The van der Waals surface area contributed by atoms with E-state index in [0.29, 0.717) is 16.7 Å². The second-order valence-corrected chi connectivity index (χ2v) is 3.49. The summed E-state index contributed by atoms with van der Waals surface area (Å²) in [6.07, 6.45) is 0. The molecule has 0 aliphatic rings. The second kappa shape index (κ2) is 4.70. The largest absolute Gasteiger partial charge is 0.355 e. The van der Waals surface area contributed by atoms with Crippen molar-refractivity contribution in [2.75, 3.05) is 7.05 Å². The number of nitrogens with one attached hydrogen (secondary N) is 1. The summed E-state index contributed by atoms with van der Waals surface area (Å²) in [6.45, 7) is 2.79. The lowest BCUT2D eigenvalue weighted by Gasteiger charge is -2.05. The van der Waals surface area contributed by atoms with E-state index >= 15 is 0 Å². The zero-order valence-corrected chi connectivity index (χ0v) is 9.46. The summed E-state index contributed by atoms with van der Waals surface area (Å²) in [7, 11) is 1.50. The van der Waals surface area contributed by atoms with Gasteiger partial charge in [-0.2, -0.15) is 0 Å². The maximum absolute atomic E-state index is 11.4. The van der Waals surface area contributed by atoms with Gasteiger partial charge in [0, 0.05) is 23.7 Å². The topological polar surface area (TPSA) is 63.2 Å². The summed E-state index contributed by atoms with van der Waals surface area (Å²) < 4.78 is 0. The van der Waals surface area contributed by atoms with Crippen LogP contribution in [0.15, 0.2) is 18.2 Å². The Morgan fingerprint density at radius 1 is 0.875 bits per heavy atom. The zero-order chi connectivity index (χ0) is 12.3. The number of Topliss-reactive ketones (excluding diaryl/α,β-unsaturated/α-hetero) is 2. The van der Waals surface area contributed by atoms with Crippen LogP contribution in [0.5, 0.6) is 0 Å². The van der Waals surface area contributed by atoms with Gasteiger partial charge in [-0.1, -0.05) is 0 Å². The van der Waals surface area contributed by atoms with E-state index in [1.165, 1.54) is 39.1 Å². The zero-order valence-electron chi connectivity index (χ0n) is 9.46. The quantitative estimate of drug-likeness (QED) is 0.782. The van der Waals surface area contributed by atoms with Crippen LogP contribution < -0.4 is 5.32 Å². The van der Waals surface area contributed by atoms with Crippen molar-refractivity contribution in [3.8, 4) is 0 Å². The van der Waals surface area contributed by atoms with Gasteiger partial charge in [-0.25, -0.2) is 0 Å². The van der Waals surface area contributed by atoms with Crippen LogP contribution in [0.25, 0.3) is 0 Å². The third kappa shape index (κ3) is 2.53. The number of benzene rings is 1. The van der Waals surface area contributed by atoms with Gasteiger partial charge in [0.2, 0.25) is 0 Å². The van der Waals surface area contributed by atoms with Gasteiger partial charge in [-0.05, 0) is 32.0 Å². The van der Waals surface area contributed by atoms with Crippen molar-refractivity contribution < 1.29 is 14.4 Å². The first-order valence-electron chi connectivity index (χ1n) is 4.84. The Bertz CT molecular complexity index is 431. The van der Waals surface area contributed by atoms with E-state index in [4.69, 9.17) is 0 Å². The summed E-state index contributed by atoms with van der Waals surface area (Å²) in [6, 6.07) is 4.46. The fraction of sp³-hybridized carbons (Fsp3) is 0.250. The van der Waals surface area contributed by atoms with Crippen LogP contribution in [0, 0.1) is 0 Å². The van der Waals surface area contributed by atoms with Gasteiger partial charge in [0.25, 0.3) is 5.91 Å². The average Bonchev–Trinajstić information content (AvgIpc) is 2.27. The van der Waals surface area contributed by atoms with E-state index in [9.17, 15) is 14.4 Å². The highest BCUT2D eigenvalue weighted by atomic mass is 16.1. The number of hydrogen-bond acceptors (Lipinski definition) is 3. The lowest BCUT2D eigenvalue weighted by atomic mass is 10.0. The Kier molecular flexibility index (Phi) is 3.55. The van der Waals surface area contributed by atoms with E-state index in [-0.39, 0.29) is 17.5 Å². The predicted molar refractivity (Wildman–Crippen MR) is 59.8 cm³/mol. The summed E-state index contributed by atoms with van der Waals surface area (Å²) in [5.41, 5.74) is 1.05. The molecule has 1 rings (SSSR count). The molecule has 0 fully saturated rings. The molecule has 1 aromatic rings. The van der Waals surface area contributed by atoms with Crippen molar-refractivity contribution in [1.29, 1.82) is 0 Å². The van der Waals surface area contributed by atoms with Crippen molar-refractivity contribution in [2.24, 2.45) is 0 Å². The lowest BCUT2D eigenvalue weighted by Crippen LogP contribution is -2.18. The highest BCUT2D eigenvalue weighted by Gasteiger charge is 2.11. The fourth-order valence-electron chi connectivity index (χ4n) is 1.31. The SMILES string of the molecule is CNC(=O)c1cc(C(C)=O)cc(C(C)=O)c1. The molecule has 1 aromatic carbocycles. The molecule has 16 heavy (non-hydrogen) atoms. The maximum Gasteiger partial charge on any atom is 0.251 e. The molecule has 4 nitrogen and oxygen atoms in total. The normalized spacial score (nSPS) is 9.69. The van der Waals surface area contributed by atoms with Crippen LogP contribution in [-0.4, -0.2) is 24.5 Å². The molecule has 0 unspecified atom stereocenters. The molecule has 0 aromatic heterocycles. The van der Waals surface area contributed by atoms with Gasteiger partial charge in [0.15, 0.2) is 11.6 Å². The third-order valence-corrected chi connectivity index (χ3v) is 2.24. The van der Waals surface area contributed by atoms with Crippen LogP contribution in [0.3, 0.4) is 0 Å². The van der Waals surface area contributed by atoms with Crippen molar-refractivity contribution in [3.05, 3.63) is 34.9 Å². The van der Waals surface area contributed by atoms with Crippen LogP contribution >= 0.6 is 0 Å². The lowest BCUT2D eigenvalue weighted by molar-refractivity contribution is 0.0963. The van der Waals surface area contributed by atoms with E-state index in [2.05, 4.69) is 5.32 Å². The summed E-state index contributed by atoms with van der Waals surface area (Å²) in [5.74, 6) is -0.660. The molecule has 4 heteroatoms. The van der Waals surface area contributed by atoms with Crippen LogP contribution in [0.2, 0.25) is 0 Å². The van der Waals surface area contributed by atoms with E-state index in [0.717, 1.165) is 0 Å². The fourth-order valence-corrected chi connectivity index (χ4v) is 1.31. The smallest absolute Gasteiger partial charge is 0.251 e. The van der Waals surface area contributed by atoms with E-state index in [1.54, 1.807) is 0 Å². The van der Waals surface area contributed by atoms with Crippen molar-refractivity contribution in [2.45, 2.75) is 13.8 Å². The molecule has 0 saturated carbocycles. The minimum absolute atomic E-state index is 0.173. The first-order chi connectivity index (χ1) is 7.45. The minimum atomic E-state index is -0.314. The molecular weight excluding hydrogens is 206 g/mol. The standard InChI is InChI=1S/C12H13NO3/c1-7(14)9-4-10(8(2)15)6-11(5-9)12(16)13-3/h4-6H,1-3H3,(H,13,16). The number of amides is 1. The van der Waals surface area contributed by atoms with E-state index in [1.807, 2.05) is 0 Å². The highest BCUT2D eigenvalue weighted by Crippen LogP contribution is 2.12. The number of carbonyl (C=O) groups is 3. The Morgan fingerprint density at radius 2 is 1.25 bits per heavy atom. The van der Waals surface area contributed by atoms with Gasteiger partial charge >= 0.3 is 0 Å². The second-order valence-electron chi connectivity index (χ2n) is 3.49. The first kappa shape index (κ1) is 12.1. The Hall–Kier alpha value is -1.97. The minimum Gasteiger partial charge on any atom is -0.355 e. The molecule has 0 atom stereocenters. The molecule has 0 aliphatic carbocycles. The average molecular weight is 219 g/mol. The Morgan fingerprint density at radius 3 is 1.56 bits per heavy atom. The van der Waals surface area contributed by atoms with Crippen LogP contribution in [-0.2, 0) is 0 Å². The van der Waals surface area contributed by atoms with Gasteiger partial charge in [0.1, 0.15) is 0 Å². The molecule has 0 heterocycles. The Labute approximate surface area is 93.7 Å². The summed E-state index contributed by atoms with van der Waals surface area (Å²) in [4.78, 5) is 33.9. The molecule has 1 N–H and O–H groups in total. The molecule has 0 radical (unpaired) electrons. The number of hydrogen-bond donors (Lipinski definition) is 1. The van der Waals surface area contributed by atoms with Gasteiger partial charge in [-0.15, -0.1) is 0 Å². The Balaban J connectivity index is 3.35. The molecule has 0 bridgehead atoms. The summed E-state index contributed by atoms with van der Waals surface area (Å²) >= 11 is 0. The molecule has 84 valence electrons. The highest BCUT2D eigenvalue weighted by molar-refractivity contribution is 6.04. The number of carbonyl (C=O) groups excluding carboxylic acids is 3. The van der Waals surface area contributed by atoms with Crippen molar-refractivity contribution >= 4 is 17.5 Å². The molecular formula is C12H13NO3. The van der Waals surface area contributed by atoms with Crippen LogP contribution in [0.1, 0.15) is 44.9 Å². The van der Waals surface area contributed by atoms with Crippen LogP contribution in [0.4, 0.5) is 0 Å². The van der Waals surface area contributed by atoms with Crippen molar-refractivity contribution in [1.82, 2.24) is 5.32 Å². The summed E-state index contributed by atoms with van der Waals surface area (Å²) in [5, 5.41) is 2.45. The van der Waals surface area contributed by atoms with Gasteiger partial charge < -0.3 is 5.32 Å². The molecule has 1 amide bonds. The van der Waals surface area contributed by atoms with Crippen molar-refractivity contribution in [3.63, 3.8) is 0 Å². The van der Waals surface area contributed by atoms with Gasteiger partial charge in [0.05, 0.1) is 0 Å². The molecule has 0 aliphatic heterocycles. The molecule has 0 saturated heterocycles. The first-order valence-corrected chi connectivity index (χ1v) is 4.84. The number of rotatable bonds is 3. The predicted octanol–water partition coefficient (Wildman–Crippen LogP) is 1.45. The number of ketones is 2. The maximum atomic E-state index is 11.4. The van der Waals surface area contributed by atoms with Gasteiger partial charge in [-0.3, -0.25) is 14.4 Å².